The summed E-state index contributed by atoms with van der Waals surface area (Å²) < 4.78 is 5.02. The average Bonchev–Trinajstić information content (AvgIpc) is 2.29. The van der Waals surface area contributed by atoms with Gasteiger partial charge in [-0.3, -0.25) is 10.1 Å². The maximum atomic E-state index is 10.5. The zero-order chi connectivity index (χ0) is 12.0. The molecule has 0 saturated carbocycles. The number of methoxy groups -OCH3 is 1. The first kappa shape index (κ1) is 11.9. The number of ether oxygens (including phenoxy) is 1. The molecule has 1 aromatic rings. The van der Waals surface area contributed by atoms with E-state index in [0.717, 1.165) is 5.56 Å². The summed E-state index contributed by atoms with van der Waals surface area (Å²) in [6, 6.07) is 4.33. The van der Waals surface area contributed by atoms with Gasteiger partial charge in [0.05, 0.1) is 24.6 Å². The number of nitro benzene ring substituents is 1. The zero-order valence-corrected chi connectivity index (χ0v) is 8.67. The van der Waals surface area contributed by atoms with Gasteiger partial charge < -0.3 is 4.74 Å². The van der Waals surface area contributed by atoms with Crippen LogP contribution in [0.5, 0.6) is 5.75 Å². The summed E-state index contributed by atoms with van der Waals surface area (Å²) in [5.74, 6) is 0.426. The summed E-state index contributed by atoms with van der Waals surface area (Å²) in [6.45, 7) is 0.289. The van der Waals surface area contributed by atoms with Crippen molar-refractivity contribution in [2.45, 2.75) is 6.42 Å². The summed E-state index contributed by atoms with van der Waals surface area (Å²) in [4.78, 5) is 23.3. The molecule has 0 spiro atoms. The van der Waals surface area contributed by atoms with Crippen LogP contribution in [0, 0.1) is 10.1 Å². The number of carbonyl (C=O) groups excluding carboxylic acids is 1. The summed E-state index contributed by atoms with van der Waals surface area (Å²) in [6.07, 6.45) is 1.91. The fourth-order valence-electron chi connectivity index (χ4n) is 1.28. The Morgan fingerprint density at radius 3 is 2.88 bits per heavy atom. The van der Waals surface area contributed by atoms with Crippen LogP contribution in [0.25, 0.3) is 0 Å². The van der Waals surface area contributed by atoms with Crippen molar-refractivity contribution in [2.75, 3.05) is 13.7 Å². The van der Waals surface area contributed by atoms with E-state index in [1.807, 2.05) is 0 Å². The summed E-state index contributed by atoms with van der Waals surface area (Å²) in [7, 11) is 1.44. The summed E-state index contributed by atoms with van der Waals surface area (Å²) in [5, 5.41) is 10.5. The molecule has 0 radical (unpaired) electrons. The number of nitro groups is 1. The van der Waals surface area contributed by atoms with E-state index in [-0.39, 0.29) is 12.2 Å². The lowest BCUT2D eigenvalue weighted by Gasteiger charge is -2.06. The van der Waals surface area contributed by atoms with Crippen molar-refractivity contribution in [3.05, 3.63) is 33.9 Å². The van der Waals surface area contributed by atoms with Crippen LogP contribution in [0.15, 0.2) is 23.2 Å². The molecule has 0 aromatic heterocycles. The molecule has 0 unspecified atom stereocenters. The maximum absolute atomic E-state index is 10.5. The predicted molar refractivity (Wildman–Crippen MR) is 56.3 cm³/mol. The molecule has 0 amide bonds. The fraction of sp³-hybridized carbons (Fsp3) is 0.300. The Hall–Kier alpha value is -2.20. The zero-order valence-electron chi connectivity index (χ0n) is 8.67. The van der Waals surface area contributed by atoms with Gasteiger partial charge in [0, 0.05) is 6.07 Å². The third kappa shape index (κ3) is 2.90. The van der Waals surface area contributed by atoms with Crippen LogP contribution in [-0.4, -0.2) is 24.7 Å². The topological polar surface area (TPSA) is 81.8 Å². The molecule has 6 nitrogen and oxygen atoms in total. The first-order chi connectivity index (χ1) is 7.69. The van der Waals surface area contributed by atoms with Gasteiger partial charge in [0.2, 0.25) is 6.08 Å². The summed E-state index contributed by atoms with van der Waals surface area (Å²) >= 11 is 0. The van der Waals surface area contributed by atoms with Crippen molar-refractivity contribution >= 4 is 11.8 Å². The Labute approximate surface area is 91.7 Å². The lowest BCUT2D eigenvalue weighted by molar-refractivity contribution is -0.384. The van der Waals surface area contributed by atoms with Gasteiger partial charge in [-0.25, -0.2) is 9.79 Å². The van der Waals surface area contributed by atoms with Crippen LogP contribution in [0.3, 0.4) is 0 Å². The number of nitrogens with zero attached hydrogens (tertiary/aromatic N) is 2. The molecular formula is C10H10N2O4. The second kappa shape index (κ2) is 5.63. The minimum atomic E-state index is -0.490. The van der Waals surface area contributed by atoms with E-state index in [0.29, 0.717) is 12.2 Å². The van der Waals surface area contributed by atoms with Crippen LogP contribution >= 0.6 is 0 Å². The molecule has 16 heavy (non-hydrogen) atoms. The molecule has 0 saturated heterocycles. The molecule has 84 valence electrons. The van der Waals surface area contributed by atoms with Crippen molar-refractivity contribution in [3.63, 3.8) is 0 Å². The van der Waals surface area contributed by atoms with E-state index < -0.39 is 4.92 Å². The van der Waals surface area contributed by atoms with E-state index in [4.69, 9.17) is 4.74 Å². The molecule has 0 aliphatic rings. The highest BCUT2D eigenvalue weighted by atomic mass is 16.6. The molecule has 0 N–H and O–H groups in total. The molecule has 1 aromatic carbocycles. The molecule has 0 heterocycles. The highest BCUT2D eigenvalue weighted by Crippen LogP contribution is 2.24. The van der Waals surface area contributed by atoms with Crippen molar-refractivity contribution in [3.8, 4) is 5.75 Å². The first-order valence-electron chi connectivity index (χ1n) is 4.54. The van der Waals surface area contributed by atoms with Crippen LogP contribution in [0.1, 0.15) is 5.56 Å². The number of aliphatic imine (C=N–C) groups is 1. The van der Waals surface area contributed by atoms with Crippen molar-refractivity contribution in [2.24, 2.45) is 4.99 Å². The third-order valence-electron chi connectivity index (χ3n) is 2.04. The van der Waals surface area contributed by atoms with Crippen LogP contribution in [0.2, 0.25) is 0 Å². The number of rotatable bonds is 5. The Kier molecular flexibility index (Phi) is 4.17. The monoisotopic (exact) mass is 222 g/mol. The standard InChI is InChI=1S/C10H10N2O4/c1-16-10-6-9(12(14)15)3-2-8(10)4-5-11-7-13/h2-3,6H,4-5H2,1H3. The normalized spacial score (nSPS) is 9.31. The second-order valence-corrected chi connectivity index (χ2v) is 2.98. The van der Waals surface area contributed by atoms with Crippen LogP contribution in [-0.2, 0) is 11.2 Å². The van der Waals surface area contributed by atoms with E-state index in [1.54, 1.807) is 6.07 Å². The smallest absolute Gasteiger partial charge is 0.273 e. The number of isocyanates is 1. The van der Waals surface area contributed by atoms with Crippen molar-refractivity contribution in [1.29, 1.82) is 0 Å². The quantitative estimate of drug-likeness (QED) is 0.327. The van der Waals surface area contributed by atoms with Gasteiger partial charge in [0.15, 0.2) is 0 Å². The van der Waals surface area contributed by atoms with E-state index in [1.165, 1.54) is 25.3 Å². The molecule has 0 aliphatic heterocycles. The fourth-order valence-corrected chi connectivity index (χ4v) is 1.28. The van der Waals surface area contributed by atoms with Gasteiger partial charge in [0.25, 0.3) is 5.69 Å². The van der Waals surface area contributed by atoms with Gasteiger partial charge in [-0.05, 0) is 18.1 Å². The lowest BCUT2D eigenvalue weighted by atomic mass is 10.1. The Bertz CT molecular complexity index is 438. The summed E-state index contributed by atoms with van der Waals surface area (Å²) in [5.41, 5.74) is 0.742. The van der Waals surface area contributed by atoms with Crippen LogP contribution in [0.4, 0.5) is 5.69 Å². The van der Waals surface area contributed by atoms with Gasteiger partial charge >= 0.3 is 0 Å². The largest absolute Gasteiger partial charge is 0.496 e. The molecule has 0 bridgehead atoms. The van der Waals surface area contributed by atoms with E-state index >= 15 is 0 Å². The number of hydrogen-bond acceptors (Lipinski definition) is 5. The third-order valence-corrected chi connectivity index (χ3v) is 2.04. The predicted octanol–water partition coefficient (Wildman–Crippen LogP) is 1.48. The van der Waals surface area contributed by atoms with Crippen molar-refractivity contribution < 1.29 is 14.5 Å². The van der Waals surface area contributed by atoms with Gasteiger partial charge in [0.1, 0.15) is 5.75 Å². The first-order valence-corrected chi connectivity index (χ1v) is 4.54. The van der Waals surface area contributed by atoms with Gasteiger partial charge in [-0.2, -0.15) is 0 Å². The lowest BCUT2D eigenvalue weighted by Crippen LogP contribution is -1.97. The number of non-ortho nitro benzene ring substituents is 1. The molecule has 0 aliphatic carbocycles. The minimum Gasteiger partial charge on any atom is -0.496 e. The average molecular weight is 222 g/mol. The van der Waals surface area contributed by atoms with Gasteiger partial charge in [-0.1, -0.05) is 0 Å². The molecule has 0 atom stereocenters. The van der Waals surface area contributed by atoms with E-state index in [2.05, 4.69) is 4.99 Å². The number of benzene rings is 1. The molecular weight excluding hydrogens is 212 g/mol. The number of hydrogen-bond donors (Lipinski definition) is 0. The van der Waals surface area contributed by atoms with E-state index in [9.17, 15) is 14.9 Å². The minimum absolute atomic E-state index is 0.0283. The second-order valence-electron chi connectivity index (χ2n) is 2.98. The Morgan fingerprint density at radius 2 is 2.31 bits per heavy atom. The molecule has 0 fully saturated rings. The SMILES string of the molecule is COc1cc([N+](=O)[O-])ccc1CCN=C=O. The van der Waals surface area contributed by atoms with Crippen LogP contribution < -0.4 is 4.74 Å². The Morgan fingerprint density at radius 1 is 1.56 bits per heavy atom. The Balaban J connectivity index is 2.92. The maximum Gasteiger partial charge on any atom is 0.273 e. The van der Waals surface area contributed by atoms with Crippen molar-refractivity contribution in [1.82, 2.24) is 0 Å². The highest BCUT2D eigenvalue weighted by molar-refractivity contribution is 5.44. The van der Waals surface area contributed by atoms with Gasteiger partial charge in [-0.15, -0.1) is 0 Å². The highest BCUT2D eigenvalue weighted by Gasteiger charge is 2.10. The molecule has 1 rings (SSSR count). The molecule has 6 heteroatoms.